The molecule has 3 aromatic rings. The first-order valence-electron chi connectivity index (χ1n) is 11.5. The number of methoxy groups -OCH3 is 2. The minimum absolute atomic E-state index is 0.146. The molecule has 35 heavy (non-hydrogen) atoms. The molecule has 0 aliphatic carbocycles. The lowest BCUT2D eigenvalue weighted by molar-refractivity contribution is -0.112. The number of rotatable bonds is 9. The number of amides is 1. The van der Waals surface area contributed by atoms with Gasteiger partial charge in [0.05, 0.1) is 26.8 Å². The Bertz CT molecular complexity index is 1120. The van der Waals surface area contributed by atoms with Gasteiger partial charge >= 0.3 is 6.09 Å². The average Bonchev–Trinajstić information content (AvgIpc) is 2.86. The Morgan fingerprint density at radius 1 is 0.914 bits per heavy atom. The van der Waals surface area contributed by atoms with Gasteiger partial charge in [0.1, 0.15) is 23.4 Å². The van der Waals surface area contributed by atoms with Gasteiger partial charge in [-0.1, -0.05) is 54.6 Å². The molecule has 0 aromatic heterocycles. The second kappa shape index (κ2) is 11.6. The summed E-state index contributed by atoms with van der Waals surface area (Å²) in [5.74, 6) is 1.20. The first kappa shape index (κ1) is 25.8. The van der Waals surface area contributed by atoms with E-state index in [2.05, 4.69) is 12.1 Å². The van der Waals surface area contributed by atoms with Crippen molar-refractivity contribution in [2.24, 2.45) is 0 Å². The number of nitrogens with zero attached hydrogens (tertiary/aromatic N) is 1. The van der Waals surface area contributed by atoms with Gasteiger partial charge in [0.25, 0.3) is 0 Å². The van der Waals surface area contributed by atoms with Crippen LogP contribution in [-0.4, -0.2) is 43.1 Å². The molecular formula is C29H33NO5. The maximum atomic E-state index is 13.2. The van der Waals surface area contributed by atoms with Crippen molar-refractivity contribution in [3.05, 3.63) is 83.9 Å². The van der Waals surface area contributed by atoms with Gasteiger partial charge in [-0.3, -0.25) is 4.90 Å². The summed E-state index contributed by atoms with van der Waals surface area (Å²) in [7, 11) is 3.13. The Labute approximate surface area is 207 Å². The molecule has 3 rings (SSSR count). The molecule has 0 heterocycles. The van der Waals surface area contributed by atoms with Gasteiger partial charge in [-0.2, -0.15) is 0 Å². The molecule has 0 aliphatic rings. The van der Waals surface area contributed by atoms with E-state index in [1.807, 2.05) is 48.5 Å². The van der Waals surface area contributed by atoms with E-state index in [-0.39, 0.29) is 6.54 Å². The third kappa shape index (κ3) is 7.09. The molecule has 3 aromatic carbocycles. The molecule has 6 heteroatoms. The third-order valence-corrected chi connectivity index (χ3v) is 5.53. The zero-order chi connectivity index (χ0) is 25.4. The van der Waals surface area contributed by atoms with Crippen molar-refractivity contribution in [3.63, 3.8) is 0 Å². The smallest absolute Gasteiger partial charge is 0.411 e. The van der Waals surface area contributed by atoms with Crippen molar-refractivity contribution in [2.75, 3.05) is 14.2 Å². The third-order valence-electron chi connectivity index (χ3n) is 5.53. The predicted octanol–water partition coefficient (Wildman–Crippen LogP) is 5.92. The maximum absolute atomic E-state index is 13.2. The first-order chi connectivity index (χ1) is 16.7. The molecule has 0 spiro atoms. The van der Waals surface area contributed by atoms with E-state index >= 15 is 0 Å². The summed E-state index contributed by atoms with van der Waals surface area (Å²) in [5, 5.41) is 0. The monoisotopic (exact) mass is 475 g/mol. The Kier molecular flexibility index (Phi) is 8.53. The zero-order valence-corrected chi connectivity index (χ0v) is 21.0. The summed E-state index contributed by atoms with van der Waals surface area (Å²) < 4.78 is 16.4. The fourth-order valence-electron chi connectivity index (χ4n) is 3.74. The highest BCUT2D eigenvalue weighted by atomic mass is 16.6. The Morgan fingerprint density at radius 3 is 2.14 bits per heavy atom. The summed E-state index contributed by atoms with van der Waals surface area (Å²) in [6, 6.07) is 22.7. The predicted molar refractivity (Wildman–Crippen MR) is 137 cm³/mol. The lowest BCUT2D eigenvalue weighted by Gasteiger charge is -2.31. The van der Waals surface area contributed by atoms with Crippen LogP contribution in [0.25, 0.3) is 11.1 Å². The van der Waals surface area contributed by atoms with Crippen LogP contribution in [0.1, 0.15) is 31.9 Å². The van der Waals surface area contributed by atoms with Gasteiger partial charge in [-0.15, -0.1) is 0 Å². The van der Waals surface area contributed by atoms with Crippen LogP contribution in [0.15, 0.2) is 72.8 Å². The highest BCUT2D eigenvalue weighted by Crippen LogP contribution is 2.28. The number of hydrogen-bond donors (Lipinski definition) is 0. The molecule has 0 unspecified atom stereocenters. The Hall–Kier alpha value is -3.80. The summed E-state index contributed by atoms with van der Waals surface area (Å²) in [6.07, 6.45) is 0.592. The van der Waals surface area contributed by atoms with Gasteiger partial charge in [-0.05, 0) is 56.0 Å². The molecule has 0 fully saturated rings. The second-order valence-corrected chi connectivity index (χ2v) is 9.26. The molecule has 6 nitrogen and oxygen atoms in total. The van der Waals surface area contributed by atoms with Crippen molar-refractivity contribution in [2.45, 2.75) is 45.4 Å². The SMILES string of the molecule is COc1ccc(CN(C(=O)OC(C)(C)C)[C@@H](C=O)Cc2ccc(-c3ccccc3)cc2)c(OC)c1. The first-order valence-corrected chi connectivity index (χ1v) is 11.5. The number of aldehydes is 1. The van der Waals surface area contributed by atoms with Crippen LogP contribution in [-0.2, 0) is 22.5 Å². The van der Waals surface area contributed by atoms with E-state index in [0.29, 0.717) is 17.9 Å². The molecule has 0 saturated carbocycles. The number of carbonyl (C=O) groups is 2. The van der Waals surface area contributed by atoms with E-state index in [1.165, 1.54) is 4.90 Å². The standard InChI is InChI=1S/C29H33NO5/c1-29(2,3)35-28(32)30(19-24-15-16-26(33-4)18-27(24)34-5)25(20-31)17-21-11-13-23(14-12-21)22-9-7-6-8-10-22/h6-16,18,20,25H,17,19H2,1-5H3/t25-/m1/s1. The molecule has 0 saturated heterocycles. The molecule has 1 amide bonds. The van der Waals surface area contributed by atoms with E-state index in [9.17, 15) is 9.59 Å². The second-order valence-electron chi connectivity index (χ2n) is 9.26. The van der Waals surface area contributed by atoms with Crippen molar-refractivity contribution >= 4 is 12.4 Å². The normalized spacial score (nSPS) is 11.9. The molecule has 0 N–H and O–H groups in total. The number of hydrogen-bond acceptors (Lipinski definition) is 5. The zero-order valence-electron chi connectivity index (χ0n) is 21.0. The van der Waals surface area contributed by atoms with Crippen molar-refractivity contribution in [1.82, 2.24) is 4.90 Å². The quantitative estimate of drug-likeness (QED) is 0.360. The van der Waals surface area contributed by atoms with Gasteiger partial charge in [0.2, 0.25) is 0 Å². The van der Waals surface area contributed by atoms with Crippen LogP contribution in [0.3, 0.4) is 0 Å². The fourth-order valence-corrected chi connectivity index (χ4v) is 3.74. The van der Waals surface area contributed by atoms with E-state index in [1.54, 1.807) is 47.1 Å². The van der Waals surface area contributed by atoms with Crippen molar-refractivity contribution < 1.29 is 23.8 Å². The summed E-state index contributed by atoms with van der Waals surface area (Å²) >= 11 is 0. The van der Waals surface area contributed by atoms with Crippen LogP contribution in [0, 0.1) is 0 Å². The molecule has 0 radical (unpaired) electrons. The number of ether oxygens (including phenoxy) is 3. The largest absolute Gasteiger partial charge is 0.497 e. The lowest BCUT2D eigenvalue weighted by Crippen LogP contribution is -2.44. The molecule has 0 aliphatic heterocycles. The summed E-state index contributed by atoms with van der Waals surface area (Å²) in [4.78, 5) is 26.9. The highest BCUT2D eigenvalue weighted by molar-refractivity contribution is 5.74. The van der Waals surface area contributed by atoms with E-state index < -0.39 is 17.7 Å². The molecule has 0 bridgehead atoms. The van der Waals surface area contributed by atoms with Crippen molar-refractivity contribution in [1.29, 1.82) is 0 Å². The summed E-state index contributed by atoms with van der Waals surface area (Å²) in [6.45, 7) is 5.55. The van der Waals surface area contributed by atoms with Crippen molar-refractivity contribution in [3.8, 4) is 22.6 Å². The van der Waals surface area contributed by atoms with Crippen LogP contribution < -0.4 is 9.47 Å². The van der Waals surface area contributed by atoms with E-state index in [4.69, 9.17) is 14.2 Å². The topological polar surface area (TPSA) is 65.1 Å². The Morgan fingerprint density at radius 2 is 1.57 bits per heavy atom. The summed E-state index contributed by atoms with van der Waals surface area (Å²) in [5.41, 5.74) is 3.18. The number of benzene rings is 3. The highest BCUT2D eigenvalue weighted by Gasteiger charge is 2.29. The lowest BCUT2D eigenvalue weighted by atomic mass is 10.00. The Balaban J connectivity index is 1.87. The van der Waals surface area contributed by atoms with Gasteiger partial charge in [0.15, 0.2) is 0 Å². The molecule has 1 atom stereocenters. The van der Waals surface area contributed by atoms with Gasteiger partial charge in [-0.25, -0.2) is 4.79 Å². The minimum atomic E-state index is -0.723. The molecular weight excluding hydrogens is 442 g/mol. The van der Waals surface area contributed by atoms with Crippen LogP contribution in [0.4, 0.5) is 4.79 Å². The fraction of sp³-hybridized carbons (Fsp3) is 0.310. The maximum Gasteiger partial charge on any atom is 0.411 e. The van der Waals surface area contributed by atoms with Crippen LogP contribution in [0.5, 0.6) is 11.5 Å². The van der Waals surface area contributed by atoms with Gasteiger partial charge in [0, 0.05) is 11.6 Å². The van der Waals surface area contributed by atoms with Gasteiger partial charge < -0.3 is 19.0 Å². The number of carbonyl (C=O) groups excluding carboxylic acids is 2. The van der Waals surface area contributed by atoms with Crippen LogP contribution in [0.2, 0.25) is 0 Å². The van der Waals surface area contributed by atoms with E-state index in [0.717, 1.165) is 28.5 Å². The molecule has 184 valence electrons. The minimum Gasteiger partial charge on any atom is -0.497 e. The average molecular weight is 476 g/mol. The van der Waals surface area contributed by atoms with Crippen LogP contribution >= 0.6 is 0 Å².